The molecule has 0 aromatic carbocycles. The minimum Gasteiger partial charge on any atom is -0.295 e. The maximum absolute atomic E-state index is 11.1. The Hall–Kier alpha value is -0.600. The number of carbonyl (C=O) groups excluding carboxylic acids is 1. The highest BCUT2D eigenvalue weighted by Crippen LogP contribution is 2.20. The Kier molecular flexibility index (Phi) is 5.73. The molecule has 0 N–H and O–H groups in total. The van der Waals surface area contributed by atoms with Gasteiger partial charge in [0.2, 0.25) is 5.24 Å². The van der Waals surface area contributed by atoms with Crippen molar-refractivity contribution in [2.24, 2.45) is 5.41 Å². The van der Waals surface area contributed by atoms with Crippen LogP contribution in [-0.4, -0.2) is 29.8 Å². The molecule has 0 amide bonds. The second kappa shape index (κ2) is 5.99. The van der Waals surface area contributed by atoms with E-state index in [4.69, 9.17) is 11.6 Å². The second-order valence-electron chi connectivity index (χ2n) is 3.93. The van der Waals surface area contributed by atoms with E-state index in [2.05, 4.69) is 18.1 Å². The van der Waals surface area contributed by atoms with Crippen molar-refractivity contribution in [1.82, 2.24) is 4.90 Å². The molecule has 0 radical (unpaired) electrons. The highest BCUT2D eigenvalue weighted by molar-refractivity contribution is 6.64. The van der Waals surface area contributed by atoms with Crippen LogP contribution in [0.4, 0.5) is 0 Å². The zero-order chi connectivity index (χ0) is 11.2. The van der Waals surface area contributed by atoms with Crippen LogP contribution in [0.1, 0.15) is 13.8 Å². The van der Waals surface area contributed by atoms with Gasteiger partial charge in [0.15, 0.2) is 0 Å². The van der Waals surface area contributed by atoms with E-state index in [0.717, 1.165) is 13.1 Å². The summed E-state index contributed by atoms with van der Waals surface area (Å²) in [5.41, 5.74) is -0.520. The summed E-state index contributed by atoms with van der Waals surface area (Å²) >= 11 is 5.50. The van der Waals surface area contributed by atoms with Gasteiger partial charge in [-0.05, 0) is 11.6 Å². The lowest BCUT2D eigenvalue weighted by Gasteiger charge is -2.28. The van der Waals surface area contributed by atoms with Crippen LogP contribution >= 0.6 is 11.6 Å². The molecule has 0 rings (SSSR count). The molecule has 80 valence electrons. The molecule has 0 saturated carbocycles. The van der Waals surface area contributed by atoms with Crippen LogP contribution < -0.4 is 0 Å². The molecule has 0 aromatic rings. The van der Waals surface area contributed by atoms with Gasteiger partial charge in [0.25, 0.3) is 0 Å². The first-order valence-electron chi connectivity index (χ1n) is 4.58. The van der Waals surface area contributed by atoms with Gasteiger partial charge in [-0.3, -0.25) is 9.69 Å². The predicted molar refractivity (Wildman–Crippen MR) is 61.5 cm³/mol. The van der Waals surface area contributed by atoms with Gasteiger partial charge in [0, 0.05) is 19.6 Å². The van der Waals surface area contributed by atoms with E-state index in [1.54, 1.807) is 12.2 Å². The molecule has 14 heavy (non-hydrogen) atoms. The Labute approximate surface area is 91.2 Å². The van der Waals surface area contributed by atoms with Gasteiger partial charge in [-0.25, -0.2) is 0 Å². The molecule has 0 aliphatic rings. The lowest BCUT2D eigenvalue weighted by Crippen LogP contribution is -2.37. The molecule has 3 heteroatoms. The number of carbonyl (C=O) groups is 1. The van der Waals surface area contributed by atoms with Crippen molar-refractivity contribution in [3.05, 3.63) is 25.3 Å². The van der Waals surface area contributed by atoms with Crippen molar-refractivity contribution in [2.45, 2.75) is 13.8 Å². The van der Waals surface area contributed by atoms with Gasteiger partial charge in [-0.15, -0.1) is 13.2 Å². The first kappa shape index (κ1) is 13.4. The van der Waals surface area contributed by atoms with Crippen molar-refractivity contribution in [1.29, 1.82) is 0 Å². The fourth-order valence-corrected chi connectivity index (χ4v) is 1.25. The van der Waals surface area contributed by atoms with Crippen molar-refractivity contribution >= 4 is 16.8 Å². The fraction of sp³-hybridized carbons (Fsp3) is 0.545. The number of rotatable bonds is 7. The molecule has 0 fully saturated rings. The summed E-state index contributed by atoms with van der Waals surface area (Å²) in [6.45, 7) is 13.1. The molecule has 0 aliphatic heterocycles. The van der Waals surface area contributed by atoms with E-state index in [1.165, 1.54) is 0 Å². The van der Waals surface area contributed by atoms with E-state index >= 15 is 0 Å². The molecule has 0 heterocycles. The van der Waals surface area contributed by atoms with Crippen LogP contribution in [-0.2, 0) is 4.79 Å². The van der Waals surface area contributed by atoms with Crippen LogP contribution in [0.2, 0.25) is 0 Å². The summed E-state index contributed by atoms with van der Waals surface area (Å²) in [5.74, 6) is 0. The predicted octanol–water partition coefficient (Wildman–Crippen LogP) is 2.45. The van der Waals surface area contributed by atoms with Crippen molar-refractivity contribution < 1.29 is 4.79 Å². The van der Waals surface area contributed by atoms with E-state index in [-0.39, 0.29) is 5.24 Å². The average molecular weight is 216 g/mol. The zero-order valence-electron chi connectivity index (χ0n) is 8.92. The third-order valence-electron chi connectivity index (χ3n) is 1.93. The number of hydrogen-bond acceptors (Lipinski definition) is 2. The monoisotopic (exact) mass is 215 g/mol. The van der Waals surface area contributed by atoms with Gasteiger partial charge < -0.3 is 0 Å². The molecule has 0 aromatic heterocycles. The normalized spacial score (nSPS) is 11.4. The Balaban J connectivity index is 4.33. The van der Waals surface area contributed by atoms with Gasteiger partial charge in [0.1, 0.15) is 0 Å². The molecule has 0 bridgehead atoms. The number of nitrogens with zero attached hydrogens (tertiary/aromatic N) is 1. The van der Waals surface area contributed by atoms with E-state index in [0.29, 0.717) is 6.54 Å². The summed E-state index contributed by atoms with van der Waals surface area (Å²) < 4.78 is 0. The van der Waals surface area contributed by atoms with Crippen LogP contribution in [0, 0.1) is 5.41 Å². The quantitative estimate of drug-likeness (QED) is 0.480. The van der Waals surface area contributed by atoms with Gasteiger partial charge in [-0.1, -0.05) is 26.0 Å². The summed E-state index contributed by atoms with van der Waals surface area (Å²) in [4.78, 5) is 13.2. The topological polar surface area (TPSA) is 20.3 Å². The van der Waals surface area contributed by atoms with E-state index in [1.807, 2.05) is 13.8 Å². The molecule has 0 saturated heterocycles. The average Bonchev–Trinajstić information content (AvgIpc) is 2.04. The van der Waals surface area contributed by atoms with Crippen LogP contribution in [0.25, 0.3) is 0 Å². The SMILES string of the molecule is C=CCN(CC=C)CC(C)(C)C(=O)Cl. The van der Waals surface area contributed by atoms with E-state index < -0.39 is 5.41 Å². The lowest BCUT2D eigenvalue weighted by atomic mass is 9.94. The van der Waals surface area contributed by atoms with Gasteiger partial charge in [-0.2, -0.15) is 0 Å². The van der Waals surface area contributed by atoms with Crippen molar-refractivity contribution in [2.75, 3.05) is 19.6 Å². The molecular weight excluding hydrogens is 198 g/mol. The van der Waals surface area contributed by atoms with Gasteiger partial charge >= 0.3 is 0 Å². The fourth-order valence-electron chi connectivity index (χ4n) is 1.19. The summed E-state index contributed by atoms with van der Waals surface area (Å²) in [6.07, 6.45) is 3.61. The molecule has 0 spiro atoms. The van der Waals surface area contributed by atoms with Crippen LogP contribution in [0.3, 0.4) is 0 Å². The lowest BCUT2D eigenvalue weighted by molar-refractivity contribution is -0.119. The zero-order valence-corrected chi connectivity index (χ0v) is 9.68. The standard InChI is InChI=1S/C11H18ClNO/c1-5-7-13(8-6-2)9-11(3,4)10(12)14/h5-6H,1-2,7-9H2,3-4H3. The Morgan fingerprint density at radius 2 is 1.79 bits per heavy atom. The summed E-state index contributed by atoms with van der Waals surface area (Å²) in [6, 6.07) is 0. The van der Waals surface area contributed by atoms with Crippen LogP contribution in [0.5, 0.6) is 0 Å². The molecular formula is C11H18ClNO. The van der Waals surface area contributed by atoms with Crippen molar-refractivity contribution in [3.63, 3.8) is 0 Å². The van der Waals surface area contributed by atoms with Crippen molar-refractivity contribution in [3.8, 4) is 0 Å². The van der Waals surface area contributed by atoms with E-state index in [9.17, 15) is 4.79 Å². The summed E-state index contributed by atoms with van der Waals surface area (Å²) in [7, 11) is 0. The minimum atomic E-state index is -0.520. The van der Waals surface area contributed by atoms with Crippen LogP contribution in [0.15, 0.2) is 25.3 Å². The summed E-state index contributed by atoms with van der Waals surface area (Å²) in [5, 5.41) is -0.310. The molecule has 0 atom stereocenters. The smallest absolute Gasteiger partial charge is 0.228 e. The second-order valence-corrected chi connectivity index (χ2v) is 4.27. The third-order valence-corrected chi connectivity index (χ3v) is 2.44. The largest absolute Gasteiger partial charge is 0.295 e. The third kappa shape index (κ3) is 4.58. The Bertz CT molecular complexity index is 213. The highest BCUT2D eigenvalue weighted by atomic mass is 35.5. The molecule has 0 unspecified atom stereocenters. The first-order chi connectivity index (χ1) is 6.44. The number of hydrogen-bond donors (Lipinski definition) is 0. The maximum atomic E-state index is 11.1. The molecule has 0 aliphatic carbocycles. The molecule has 2 nitrogen and oxygen atoms in total. The van der Waals surface area contributed by atoms with Gasteiger partial charge in [0.05, 0.1) is 5.41 Å². The maximum Gasteiger partial charge on any atom is 0.228 e. The minimum absolute atomic E-state index is 0.310. The Morgan fingerprint density at radius 3 is 2.07 bits per heavy atom. The number of halogens is 1. The highest BCUT2D eigenvalue weighted by Gasteiger charge is 2.27. The Morgan fingerprint density at radius 1 is 1.36 bits per heavy atom. The first-order valence-corrected chi connectivity index (χ1v) is 4.96.